The molecule has 1 nitrogen and oxygen atoms in total. The summed E-state index contributed by atoms with van der Waals surface area (Å²) in [5.41, 5.74) is 0.821. The Kier molecular flexibility index (Phi) is 87.8. The zero-order chi connectivity index (χ0) is 72.4. The Morgan fingerprint density at radius 1 is 0.119 bits per heavy atom. The number of halogens is 1. The Morgan fingerprint density at radius 3 is 0.317 bits per heavy atom. The molecule has 0 bridgehead atoms. The fraction of sp³-hybridized carbons (Fsp3) is 1.00. The first-order valence-corrected chi connectivity index (χ1v) is 49.4. The molecule has 0 aliphatic heterocycles. The molecule has 0 unspecified atom stereocenters. The van der Waals surface area contributed by atoms with E-state index in [9.17, 15) is 0 Å². The van der Waals surface area contributed by atoms with Gasteiger partial charge in [-0.2, -0.15) is 0 Å². The SMILES string of the molecule is CCCCCCCCCCCCC[N+](CCCCCCCCCCCC)(C(CCCCCCCCCCCC)(CCCCCCCCCCCC)CCCCCCCCCCCC)C(CCCCCCCCCCCC)(CCCCCCCCCCCC)CCCCCCCCCCCC.[Cl-]. The van der Waals surface area contributed by atoms with Crippen LogP contribution in [-0.4, -0.2) is 28.7 Å². The Morgan fingerprint density at radius 2 is 0.208 bits per heavy atom. The fourth-order valence-electron chi connectivity index (χ4n) is 19.2. The molecule has 0 saturated heterocycles. The van der Waals surface area contributed by atoms with Crippen molar-refractivity contribution in [3.63, 3.8) is 0 Å². The third-order valence-electron chi connectivity index (χ3n) is 25.8. The number of rotatable bonds is 91. The molecule has 0 radical (unpaired) electrons. The molecule has 2 heteroatoms. The molecule has 101 heavy (non-hydrogen) atoms. The molecule has 0 fully saturated rings. The van der Waals surface area contributed by atoms with Gasteiger partial charge in [0.1, 0.15) is 0 Å². The average molecular weight is 1440 g/mol. The Balaban J connectivity index is 0. The molecule has 0 spiro atoms. The number of quaternary nitrogens is 1. The first kappa shape index (κ1) is 103. The van der Waals surface area contributed by atoms with Crippen LogP contribution in [0.4, 0.5) is 0 Å². The zero-order valence-electron chi connectivity index (χ0n) is 72.8. The van der Waals surface area contributed by atoms with Gasteiger partial charge in [0, 0.05) is 38.5 Å². The molecule has 0 N–H and O–H groups in total. The van der Waals surface area contributed by atoms with E-state index in [0.717, 1.165) is 0 Å². The van der Waals surface area contributed by atoms with Gasteiger partial charge < -0.3 is 16.9 Å². The molecular formula is C99H202ClN. The van der Waals surface area contributed by atoms with Gasteiger partial charge in [0.2, 0.25) is 0 Å². The minimum absolute atomic E-state index is 0. The van der Waals surface area contributed by atoms with Crippen LogP contribution in [0.25, 0.3) is 0 Å². The summed E-state index contributed by atoms with van der Waals surface area (Å²) in [5.74, 6) is 0. The summed E-state index contributed by atoms with van der Waals surface area (Å²) >= 11 is 0. The molecule has 0 aromatic rings. The lowest BCUT2D eigenvalue weighted by Gasteiger charge is -2.65. The van der Waals surface area contributed by atoms with Crippen LogP contribution >= 0.6 is 0 Å². The van der Waals surface area contributed by atoms with Crippen molar-refractivity contribution in [1.29, 1.82) is 0 Å². The second-order valence-corrected chi connectivity index (χ2v) is 35.2. The summed E-state index contributed by atoms with van der Waals surface area (Å²) in [4.78, 5) is 0. The molecule has 610 valence electrons. The van der Waals surface area contributed by atoms with E-state index in [4.69, 9.17) is 0 Å². The molecule has 0 atom stereocenters. The summed E-state index contributed by atoms with van der Waals surface area (Å²) in [5, 5.41) is 0. The predicted octanol–water partition coefficient (Wildman–Crippen LogP) is 34.4. The molecule has 0 aromatic heterocycles. The maximum atomic E-state index is 2.40. The third-order valence-corrected chi connectivity index (χ3v) is 25.8. The van der Waals surface area contributed by atoms with Crippen molar-refractivity contribution in [2.75, 3.05) is 13.1 Å². The standard InChI is InChI=1S/C99H202N.ClH/c1-9-17-25-33-41-49-57-65-73-81-89-97-100(96-88-80-72-64-56-48-40-32-24-16-8,98(90-82-74-66-58-50-42-34-26-18-10-2,91-83-75-67-59-51-43-35-27-19-11-3)92-84-76-68-60-52-44-36-28-20-12-4)99(93-85-77-69-61-53-45-37-29-21-13-5,94-86-78-70-62-54-46-38-30-22-14-6)95-87-79-71-63-55-47-39-31-23-15-7;/h9-97H2,1-8H3;1H/q+1;/p-1. The van der Waals surface area contributed by atoms with E-state index in [0.29, 0.717) is 11.1 Å². The van der Waals surface area contributed by atoms with Crippen molar-refractivity contribution in [1.82, 2.24) is 0 Å². The minimum atomic E-state index is 0. The molecular weight excluding hydrogens is 1240 g/mol. The molecule has 0 aliphatic rings. The topological polar surface area (TPSA) is 0 Å². The summed E-state index contributed by atoms with van der Waals surface area (Å²) in [6.45, 7) is 22.2. The highest BCUT2D eigenvalue weighted by Gasteiger charge is 2.59. The number of unbranched alkanes of at least 4 members (excludes halogenated alkanes) is 73. The summed E-state index contributed by atoms with van der Waals surface area (Å²) in [7, 11) is 0. The van der Waals surface area contributed by atoms with E-state index in [-0.39, 0.29) is 12.4 Å². The first-order chi connectivity index (χ1) is 49.5. The van der Waals surface area contributed by atoms with Crippen LogP contribution in [-0.2, 0) is 0 Å². The van der Waals surface area contributed by atoms with Gasteiger partial charge in [-0.05, 0) is 64.2 Å². The van der Waals surface area contributed by atoms with E-state index >= 15 is 0 Å². The van der Waals surface area contributed by atoms with Crippen LogP contribution in [0.1, 0.15) is 614 Å². The van der Waals surface area contributed by atoms with Crippen molar-refractivity contribution in [2.45, 2.75) is 625 Å². The van der Waals surface area contributed by atoms with Crippen LogP contribution in [0.2, 0.25) is 0 Å². The number of hydrogen-bond acceptors (Lipinski definition) is 0. The monoisotopic (exact) mass is 1440 g/mol. The zero-order valence-corrected chi connectivity index (χ0v) is 73.5. The van der Waals surface area contributed by atoms with E-state index in [1.165, 1.54) is 533 Å². The Hall–Kier alpha value is 0.250. The molecule has 0 aromatic carbocycles. The van der Waals surface area contributed by atoms with Gasteiger partial charge in [-0.25, -0.2) is 0 Å². The molecule has 0 amide bonds. The van der Waals surface area contributed by atoms with E-state index in [2.05, 4.69) is 55.4 Å². The number of nitrogens with zero attached hydrogens (tertiary/aromatic N) is 1. The molecule has 0 heterocycles. The number of hydrogen-bond donors (Lipinski definition) is 0. The van der Waals surface area contributed by atoms with Crippen molar-refractivity contribution in [3.05, 3.63) is 0 Å². The fourth-order valence-corrected chi connectivity index (χ4v) is 19.2. The smallest absolute Gasteiger partial charge is 0.0996 e. The van der Waals surface area contributed by atoms with Gasteiger partial charge in [-0.3, -0.25) is 0 Å². The summed E-state index contributed by atoms with van der Waals surface area (Å²) in [6.07, 6.45) is 129. The molecule has 0 saturated carbocycles. The normalized spacial score (nSPS) is 12.2. The highest BCUT2D eigenvalue weighted by molar-refractivity contribution is 4.94. The van der Waals surface area contributed by atoms with Gasteiger partial charge in [-0.1, -0.05) is 511 Å². The van der Waals surface area contributed by atoms with Crippen LogP contribution in [0.15, 0.2) is 0 Å². The molecule has 0 rings (SSSR count). The maximum Gasteiger partial charge on any atom is 0.0996 e. The van der Waals surface area contributed by atoms with Crippen LogP contribution in [0.3, 0.4) is 0 Å². The summed E-state index contributed by atoms with van der Waals surface area (Å²) in [6, 6.07) is 0. The predicted molar refractivity (Wildman–Crippen MR) is 463 cm³/mol. The quantitative estimate of drug-likeness (QED) is 0.0421. The van der Waals surface area contributed by atoms with Gasteiger partial charge >= 0.3 is 0 Å². The lowest BCUT2D eigenvalue weighted by molar-refractivity contribution is -1.02. The largest absolute Gasteiger partial charge is 1.00 e. The van der Waals surface area contributed by atoms with Gasteiger partial charge in [0.15, 0.2) is 0 Å². The van der Waals surface area contributed by atoms with Crippen LogP contribution in [0, 0.1) is 0 Å². The van der Waals surface area contributed by atoms with E-state index < -0.39 is 0 Å². The van der Waals surface area contributed by atoms with E-state index in [1.807, 2.05) is 0 Å². The second kappa shape index (κ2) is 85.9. The second-order valence-electron chi connectivity index (χ2n) is 35.2. The van der Waals surface area contributed by atoms with E-state index in [1.54, 1.807) is 43.0 Å². The van der Waals surface area contributed by atoms with Crippen LogP contribution < -0.4 is 12.4 Å². The van der Waals surface area contributed by atoms with Crippen molar-refractivity contribution < 1.29 is 16.9 Å². The first-order valence-electron chi connectivity index (χ1n) is 49.4. The maximum absolute atomic E-state index is 2.40. The lowest BCUT2D eigenvalue weighted by Crippen LogP contribution is -3.00. The van der Waals surface area contributed by atoms with Crippen molar-refractivity contribution in [3.8, 4) is 0 Å². The molecule has 0 aliphatic carbocycles. The van der Waals surface area contributed by atoms with Gasteiger partial charge in [0.05, 0.1) is 24.2 Å². The Labute approximate surface area is 651 Å². The van der Waals surface area contributed by atoms with Gasteiger partial charge in [0.25, 0.3) is 0 Å². The average Bonchev–Trinajstić information content (AvgIpc) is 0.723. The summed E-state index contributed by atoms with van der Waals surface area (Å²) < 4.78 is 1.60. The minimum Gasteiger partial charge on any atom is -1.00 e. The lowest BCUT2D eigenvalue weighted by atomic mass is 9.68. The highest BCUT2D eigenvalue weighted by atomic mass is 35.5. The van der Waals surface area contributed by atoms with Crippen molar-refractivity contribution in [2.24, 2.45) is 0 Å². The third kappa shape index (κ3) is 63.7. The Bertz CT molecular complexity index is 1250. The highest BCUT2D eigenvalue weighted by Crippen LogP contribution is 2.53. The van der Waals surface area contributed by atoms with Gasteiger partial charge in [-0.15, -0.1) is 0 Å². The van der Waals surface area contributed by atoms with Crippen molar-refractivity contribution >= 4 is 0 Å². The van der Waals surface area contributed by atoms with Crippen LogP contribution in [0.5, 0.6) is 0 Å².